The highest BCUT2D eigenvalue weighted by Gasteiger charge is 2.29. The van der Waals surface area contributed by atoms with Gasteiger partial charge in [-0.25, -0.2) is 4.98 Å². The van der Waals surface area contributed by atoms with Crippen LogP contribution in [0.1, 0.15) is 30.7 Å². The first-order valence-corrected chi connectivity index (χ1v) is 12.0. The van der Waals surface area contributed by atoms with Crippen LogP contribution in [0.3, 0.4) is 0 Å². The number of rotatable bonds is 6. The number of aromatic nitrogens is 2. The zero-order valence-electron chi connectivity index (χ0n) is 20.4. The SMILES string of the molecule is Cc1nc2n(c(=O)c1Cc1ccccc1)CN(C(C)C)CN2c1ccc(Oc2ccccc2)cc1. The molecule has 0 unspecified atom stereocenters. The number of para-hydroxylation sites is 1. The number of fused-ring (bicyclic) bond motifs is 1. The summed E-state index contributed by atoms with van der Waals surface area (Å²) in [6.45, 7) is 7.41. The van der Waals surface area contributed by atoms with Crippen LogP contribution in [-0.2, 0) is 13.1 Å². The molecule has 0 atom stereocenters. The summed E-state index contributed by atoms with van der Waals surface area (Å²) in [5.41, 5.74) is 3.62. The second-order valence-corrected chi connectivity index (χ2v) is 9.17. The first kappa shape index (κ1) is 22.9. The number of aryl methyl sites for hydroxylation is 1. The summed E-state index contributed by atoms with van der Waals surface area (Å²) in [4.78, 5) is 23.0. The van der Waals surface area contributed by atoms with Gasteiger partial charge in [0.1, 0.15) is 11.5 Å². The lowest BCUT2D eigenvalue weighted by Crippen LogP contribution is -2.50. The molecule has 0 saturated heterocycles. The van der Waals surface area contributed by atoms with Gasteiger partial charge in [0.15, 0.2) is 0 Å². The van der Waals surface area contributed by atoms with Crippen LogP contribution < -0.4 is 15.2 Å². The molecule has 0 bridgehead atoms. The Morgan fingerprint density at radius 1 is 0.857 bits per heavy atom. The average molecular weight is 467 g/mol. The number of benzene rings is 3. The number of hydrogen-bond acceptors (Lipinski definition) is 5. The number of anilines is 2. The monoisotopic (exact) mass is 466 g/mol. The fourth-order valence-corrected chi connectivity index (χ4v) is 4.34. The maximum Gasteiger partial charge on any atom is 0.259 e. The van der Waals surface area contributed by atoms with Crippen molar-refractivity contribution in [2.75, 3.05) is 11.6 Å². The molecule has 3 aromatic carbocycles. The molecule has 0 N–H and O–H groups in total. The van der Waals surface area contributed by atoms with Gasteiger partial charge >= 0.3 is 0 Å². The normalized spacial score (nSPS) is 13.7. The van der Waals surface area contributed by atoms with Crippen LogP contribution in [-0.4, -0.2) is 27.2 Å². The molecule has 35 heavy (non-hydrogen) atoms. The standard InChI is InChI=1S/C29H30N4O2/c1-21(2)31-19-32(24-14-16-26(17-15-24)35-25-12-8-5-9-13-25)29-30-22(3)27(28(34)33(29)20-31)18-23-10-6-4-7-11-23/h4-17,21H,18-20H2,1-3H3. The van der Waals surface area contributed by atoms with Crippen molar-refractivity contribution < 1.29 is 4.74 Å². The lowest BCUT2D eigenvalue weighted by Gasteiger charge is -2.40. The number of hydrogen-bond donors (Lipinski definition) is 0. The van der Waals surface area contributed by atoms with E-state index >= 15 is 0 Å². The second-order valence-electron chi connectivity index (χ2n) is 9.17. The fraction of sp³-hybridized carbons (Fsp3) is 0.241. The molecule has 6 heteroatoms. The zero-order valence-corrected chi connectivity index (χ0v) is 20.4. The molecule has 0 radical (unpaired) electrons. The molecule has 5 rings (SSSR count). The van der Waals surface area contributed by atoms with Crippen molar-refractivity contribution in [2.45, 2.75) is 39.9 Å². The quantitative estimate of drug-likeness (QED) is 0.364. The Hall–Kier alpha value is -3.90. The molecule has 0 fully saturated rings. The summed E-state index contributed by atoms with van der Waals surface area (Å²) in [7, 11) is 0. The van der Waals surface area contributed by atoms with Crippen LogP contribution in [0.25, 0.3) is 0 Å². The van der Waals surface area contributed by atoms with Crippen molar-refractivity contribution in [3.05, 3.63) is 112 Å². The summed E-state index contributed by atoms with van der Waals surface area (Å²) >= 11 is 0. The van der Waals surface area contributed by atoms with Gasteiger partial charge in [-0.2, -0.15) is 0 Å². The van der Waals surface area contributed by atoms with Crippen molar-refractivity contribution in [3.63, 3.8) is 0 Å². The smallest absolute Gasteiger partial charge is 0.259 e. The second kappa shape index (κ2) is 9.76. The van der Waals surface area contributed by atoms with Crippen LogP contribution in [0.15, 0.2) is 89.7 Å². The summed E-state index contributed by atoms with van der Waals surface area (Å²) in [5, 5.41) is 0. The molecule has 6 nitrogen and oxygen atoms in total. The van der Waals surface area contributed by atoms with Gasteiger partial charge in [0.05, 0.1) is 19.0 Å². The van der Waals surface area contributed by atoms with E-state index < -0.39 is 0 Å². The Morgan fingerprint density at radius 3 is 2.14 bits per heavy atom. The lowest BCUT2D eigenvalue weighted by atomic mass is 10.1. The van der Waals surface area contributed by atoms with E-state index in [1.807, 2.05) is 84.3 Å². The molecule has 1 aliphatic heterocycles. The molecule has 178 valence electrons. The third-order valence-electron chi connectivity index (χ3n) is 6.42. The van der Waals surface area contributed by atoms with Gasteiger partial charge < -0.3 is 4.74 Å². The number of nitrogens with zero attached hydrogens (tertiary/aromatic N) is 4. The van der Waals surface area contributed by atoms with E-state index in [0.717, 1.165) is 34.0 Å². The molecular formula is C29H30N4O2. The Kier molecular flexibility index (Phi) is 6.38. The first-order valence-electron chi connectivity index (χ1n) is 12.0. The van der Waals surface area contributed by atoms with Gasteiger partial charge in [-0.15, -0.1) is 0 Å². The third kappa shape index (κ3) is 4.84. The highest BCUT2D eigenvalue weighted by molar-refractivity contribution is 5.60. The maximum atomic E-state index is 13.7. The average Bonchev–Trinajstić information content (AvgIpc) is 2.88. The van der Waals surface area contributed by atoms with E-state index in [2.05, 4.69) is 35.8 Å². The highest BCUT2D eigenvalue weighted by Crippen LogP contribution is 2.31. The van der Waals surface area contributed by atoms with Gasteiger partial charge in [-0.1, -0.05) is 48.5 Å². The fourth-order valence-electron chi connectivity index (χ4n) is 4.34. The largest absolute Gasteiger partial charge is 0.457 e. The van der Waals surface area contributed by atoms with Crippen LogP contribution >= 0.6 is 0 Å². The van der Waals surface area contributed by atoms with E-state index in [9.17, 15) is 4.79 Å². The van der Waals surface area contributed by atoms with E-state index in [-0.39, 0.29) is 11.6 Å². The Bertz CT molecular complexity index is 1350. The summed E-state index contributed by atoms with van der Waals surface area (Å²) < 4.78 is 7.77. The highest BCUT2D eigenvalue weighted by atomic mass is 16.5. The van der Waals surface area contributed by atoms with E-state index in [0.29, 0.717) is 25.7 Å². The zero-order chi connectivity index (χ0) is 24.4. The van der Waals surface area contributed by atoms with Gasteiger partial charge in [0.25, 0.3) is 5.56 Å². The molecule has 1 aromatic heterocycles. The molecule has 2 heterocycles. The van der Waals surface area contributed by atoms with E-state index in [1.165, 1.54) is 0 Å². The predicted molar refractivity (Wildman–Crippen MR) is 139 cm³/mol. The maximum absolute atomic E-state index is 13.7. The van der Waals surface area contributed by atoms with E-state index in [4.69, 9.17) is 9.72 Å². The van der Waals surface area contributed by atoms with Crippen molar-refractivity contribution >= 4 is 11.6 Å². The van der Waals surface area contributed by atoms with Crippen LogP contribution in [0.4, 0.5) is 11.6 Å². The van der Waals surface area contributed by atoms with Crippen LogP contribution in [0.5, 0.6) is 11.5 Å². The first-order chi connectivity index (χ1) is 17.0. The van der Waals surface area contributed by atoms with Gasteiger partial charge in [0, 0.05) is 23.7 Å². The summed E-state index contributed by atoms with van der Waals surface area (Å²) in [6.07, 6.45) is 0.575. The molecular weight excluding hydrogens is 436 g/mol. The Labute approximate surface area is 206 Å². The Morgan fingerprint density at radius 2 is 1.49 bits per heavy atom. The van der Waals surface area contributed by atoms with Crippen LogP contribution in [0.2, 0.25) is 0 Å². The van der Waals surface area contributed by atoms with Crippen molar-refractivity contribution in [3.8, 4) is 11.5 Å². The third-order valence-corrected chi connectivity index (χ3v) is 6.42. The summed E-state index contributed by atoms with van der Waals surface area (Å²) in [5.74, 6) is 2.24. The molecule has 0 saturated carbocycles. The van der Waals surface area contributed by atoms with Crippen molar-refractivity contribution in [2.24, 2.45) is 0 Å². The minimum Gasteiger partial charge on any atom is -0.457 e. The van der Waals surface area contributed by atoms with Crippen molar-refractivity contribution in [1.82, 2.24) is 14.5 Å². The minimum absolute atomic E-state index is 0.0238. The minimum atomic E-state index is 0.0238. The lowest BCUT2D eigenvalue weighted by molar-refractivity contribution is 0.156. The molecule has 0 spiro atoms. The van der Waals surface area contributed by atoms with Gasteiger partial charge in [0.2, 0.25) is 5.95 Å². The van der Waals surface area contributed by atoms with Crippen molar-refractivity contribution in [1.29, 1.82) is 0 Å². The predicted octanol–water partition coefficient (Wildman–Crippen LogP) is 5.71. The molecule has 4 aromatic rings. The topological polar surface area (TPSA) is 50.6 Å². The summed E-state index contributed by atoms with van der Waals surface area (Å²) in [6, 6.07) is 28.0. The Balaban J connectivity index is 1.50. The number of ether oxygens (including phenoxy) is 1. The van der Waals surface area contributed by atoms with Gasteiger partial charge in [-0.3, -0.25) is 19.2 Å². The molecule has 1 aliphatic rings. The van der Waals surface area contributed by atoms with E-state index in [1.54, 1.807) is 0 Å². The van der Waals surface area contributed by atoms with Gasteiger partial charge in [-0.05, 0) is 62.7 Å². The molecule has 0 amide bonds. The molecule has 0 aliphatic carbocycles. The van der Waals surface area contributed by atoms with Crippen LogP contribution in [0, 0.1) is 6.92 Å².